The number of halogens is 3. The smallest absolute Gasteiger partial charge is 0.475 e. The fourth-order valence-electron chi connectivity index (χ4n) is 3.55. The van der Waals surface area contributed by atoms with Gasteiger partial charge in [-0.1, -0.05) is 0 Å². The highest BCUT2D eigenvalue weighted by Gasteiger charge is 2.46. The van der Waals surface area contributed by atoms with Crippen LogP contribution in [0.2, 0.25) is 0 Å². The molecular formula is C19H31F3N4O5S. The number of likely N-dealkylation sites (tertiary alicyclic amines) is 1. The lowest BCUT2D eigenvalue weighted by Crippen LogP contribution is -2.64. The van der Waals surface area contributed by atoms with E-state index in [1.165, 1.54) is 5.56 Å². The summed E-state index contributed by atoms with van der Waals surface area (Å²) in [6.45, 7) is 9.86. The van der Waals surface area contributed by atoms with Crippen molar-refractivity contribution >= 4 is 16.0 Å². The van der Waals surface area contributed by atoms with Gasteiger partial charge in [0.25, 0.3) is 0 Å². The minimum Gasteiger partial charge on any atom is -0.475 e. The molecule has 184 valence electrons. The maximum absolute atomic E-state index is 11.5. The Morgan fingerprint density at radius 2 is 2.03 bits per heavy atom. The molecule has 1 aromatic heterocycles. The van der Waals surface area contributed by atoms with Crippen molar-refractivity contribution in [2.24, 2.45) is 5.92 Å². The molecule has 2 aliphatic rings. The average Bonchev–Trinajstić information content (AvgIpc) is 3.15. The van der Waals surface area contributed by atoms with Gasteiger partial charge in [-0.05, 0) is 39.5 Å². The average molecular weight is 485 g/mol. The molecule has 1 aromatic rings. The van der Waals surface area contributed by atoms with Gasteiger partial charge in [-0.15, -0.1) is 0 Å². The first-order valence-electron chi connectivity index (χ1n) is 10.4. The number of hydrogen-bond donors (Lipinski definition) is 2. The molecule has 0 aromatic carbocycles. The van der Waals surface area contributed by atoms with E-state index in [1.54, 1.807) is 6.92 Å². The predicted octanol–water partition coefficient (Wildman–Crippen LogP) is 2.02. The highest BCUT2D eigenvalue weighted by atomic mass is 32.2. The number of aliphatic carboxylic acids is 1. The normalized spacial score (nSPS) is 21.2. The van der Waals surface area contributed by atoms with E-state index in [9.17, 15) is 21.6 Å². The monoisotopic (exact) mass is 484 g/mol. The molecule has 1 unspecified atom stereocenters. The minimum absolute atomic E-state index is 0.0197. The van der Waals surface area contributed by atoms with Crippen molar-refractivity contribution in [1.82, 2.24) is 19.4 Å². The number of sulfonamides is 1. The molecule has 2 aliphatic heterocycles. The van der Waals surface area contributed by atoms with E-state index in [-0.39, 0.29) is 17.3 Å². The van der Waals surface area contributed by atoms with Crippen LogP contribution >= 0.6 is 0 Å². The second kappa shape index (κ2) is 10.5. The van der Waals surface area contributed by atoms with Crippen LogP contribution in [0.25, 0.3) is 0 Å². The summed E-state index contributed by atoms with van der Waals surface area (Å²) in [4.78, 5) is 11.3. The summed E-state index contributed by atoms with van der Waals surface area (Å²) in [6, 6.07) is 0.389. The van der Waals surface area contributed by atoms with E-state index in [0.717, 1.165) is 32.5 Å². The third kappa shape index (κ3) is 7.71. The molecule has 0 amide bonds. The molecule has 0 saturated carbocycles. The summed E-state index contributed by atoms with van der Waals surface area (Å²) in [5, 5.41) is 11.5. The van der Waals surface area contributed by atoms with Crippen molar-refractivity contribution in [3.8, 4) is 0 Å². The zero-order chi connectivity index (χ0) is 24.2. The van der Waals surface area contributed by atoms with Crippen LogP contribution in [-0.2, 0) is 26.1 Å². The second-order valence-electron chi connectivity index (χ2n) is 8.52. The Morgan fingerprint density at radius 3 is 2.47 bits per heavy atom. The second-order valence-corrected chi connectivity index (χ2v) is 10.6. The molecule has 2 saturated heterocycles. The first kappa shape index (κ1) is 26.6. The van der Waals surface area contributed by atoms with Gasteiger partial charge in [-0.25, -0.2) is 17.9 Å². The fraction of sp³-hybridized carbons (Fsp3) is 0.789. The van der Waals surface area contributed by atoms with Gasteiger partial charge < -0.3 is 9.84 Å². The molecule has 3 heterocycles. The van der Waals surface area contributed by atoms with E-state index in [1.807, 2.05) is 10.9 Å². The van der Waals surface area contributed by atoms with Crippen LogP contribution in [0.1, 0.15) is 45.2 Å². The number of nitrogens with one attached hydrogen (secondary N) is 1. The van der Waals surface area contributed by atoms with Crippen LogP contribution < -0.4 is 4.72 Å². The zero-order valence-electron chi connectivity index (χ0n) is 18.4. The van der Waals surface area contributed by atoms with E-state index in [0.29, 0.717) is 19.2 Å². The molecular weight excluding hydrogens is 453 g/mol. The molecule has 32 heavy (non-hydrogen) atoms. The van der Waals surface area contributed by atoms with Crippen LogP contribution in [0.4, 0.5) is 13.2 Å². The molecule has 1 atom stereocenters. The Kier molecular flexibility index (Phi) is 8.70. The third-order valence-electron chi connectivity index (χ3n) is 5.46. The molecule has 13 heteroatoms. The topological polar surface area (TPSA) is 114 Å². The van der Waals surface area contributed by atoms with Gasteiger partial charge in [0.15, 0.2) is 0 Å². The van der Waals surface area contributed by atoms with Gasteiger partial charge in [-0.3, -0.25) is 9.58 Å². The Morgan fingerprint density at radius 1 is 1.41 bits per heavy atom. The predicted molar refractivity (Wildman–Crippen MR) is 110 cm³/mol. The van der Waals surface area contributed by atoms with Gasteiger partial charge in [0.2, 0.25) is 10.0 Å². The quantitative estimate of drug-likeness (QED) is 0.609. The van der Waals surface area contributed by atoms with Crippen LogP contribution in [0.15, 0.2) is 12.4 Å². The lowest BCUT2D eigenvalue weighted by Gasteiger charge is -2.53. The fourth-order valence-corrected chi connectivity index (χ4v) is 4.25. The minimum atomic E-state index is -5.08. The summed E-state index contributed by atoms with van der Waals surface area (Å²) in [5.41, 5.74) is 1.22. The standard InChI is InChI=1S/C17H30N4O3S.C2HF3O2/c1-4-25(22,23)19-8-15-5-6-17(24-11-15)12-20(13-17)9-16-7-18-21(10-16)14(2)3;3-2(4,5)1(6)7/h7,10,14-15,19H,4-6,8-9,11-13H2,1-3H3;(H,6,7). The van der Waals surface area contributed by atoms with Gasteiger partial charge in [0.1, 0.15) is 0 Å². The van der Waals surface area contributed by atoms with Gasteiger partial charge in [0, 0.05) is 44.0 Å². The number of hydrogen-bond acceptors (Lipinski definition) is 6. The molecule has 2 fully saturated rings. The number of nitrogens with zero attached hydrogens (tertiary/aromatic N) is 3. The van der Waals surface area contributed by atoms with E-state index < -0.39 is 22.2 Å². The summed E-state index contributed by atoms with van der Waals surface area (Å²) in [6.07, 6.45) is 1.01. The zero-order valence-corrected chi connectivity index (χ0v) is 19.2. The Bertz CT molecular complexity index is 857. The van der Waals surface area contributed by atoms with Gasteiger partial charge in [-0.2, -0.15) is 18.3 Å². The first-order chi connectivity index (χ1) is 14.8. The van der Waals surface area contributed by atoms with E-state index in [2.05, 4.69) is 34.8 Å². The molecule has 3 rings (SSSR count). The van der Waals surface area contributed by atoms with E-state index >= 15 is 0 Å². The van der Waals surface area contributed by atoms with Gasteiger partial charge in [0.05, 0.1) is 24.2 Å². The van der Waals surface area contributed by atoms with Crippen molar-refractivity contribution in [3.63, 3.8) is 0 Å². The van der Waals surface area contributed by atoms with Crippen molar-refractivity contribution < 1.29 is 36.2 Å². The van der Waals surface area contributed by atoms with Crippen molar-refractivity contribution in [2.45, 2.75) is 58.0 Å². The Labute approximate surface area is 186 Å². The third-order valence-corrected chi connectivity index (χ3v) is 6.83. The molecule has 0 aliphatic carbocycles. The number of alkyl halides is 3. The Hall–Kier alpha value is -1.70. The highest BCUT2D eigenvalue weighted by Crippen LogP contribution is 2.36. The summed E-state index contributed by atoms with van der Waals surface area (Å²) >= 11 is 0. The van der Waals surface area contributed by atoms with Crippen LogP contribution in [0, 0.1) is 5.92 Å². The molecule has 2 N–H and O–H groups in total. The van der Waals surface area contributed by atoms with Crippen LogP contribution in [0.5, 0.6) is 0 Å². The maximum Gasteiger partial charge on any atom is 0.490 e. The maximum atomic E-state index is 11.5. The van der Waals surface area contributed by atoms with Gasteiger partial charge >= 0.3 is 12.1 Å². The number of rotatable bonds is 7. The summed E-state index contributed by atoms with van der Waals surface area (Å²) in [5.74, 6) is -2.34. The van der Waals surface area contributed by atoms with Crippen LogP contribution in [0.3, 0.4) is 0 Å². The number of ether oxygens (including phenoxy) is 1. The van der Waals surface area contributed by atoms with Crippen molar-refractivity contribution in [2.75, 3.05) is 32.0 Å². The number of carboxylic acids is 1. The van der Waals surface area contributed by atoms with Crippen molar-refractivity contribution in [1.29, 1.82) is 0 Å². The summed E-state index contributed by atoms with van der Waals surface area (Å²) in [7, 11) is -3.11. The number of carbonyl (C=O) groups is 1. The number of aromatic nitrogens is 2. The van der Waals surface area contributed by atoms with Crippen molar-refractivity contribution in [3.05, 3.63) is 18.0 Å². The van der Waals surface area contributed by atoms with Crippen LogP contribution in [-0.4, -0.2) is 77.9 Å². The molecule has 1 spiro atoms. The van der Waals surface area contributed by atoms with E-state index in [4.69, 9.17) is 14.6 Å². The largest absolute Gasteiger partial charge is 0.490 e. The molecule has 9 nitrogen and oxygen atoms in total. The molecule has 0 radical (unpaired) electrons. The first-order valence-corrected chi connectivity index (χ1v) is 12.1. The summed E-state index contributed by atoms with van der Waals surface area (Å²) < 4.78 is 65.6. The molecule has 0 bridgehead atoms. The Balaban J connectivity index is 0.000000451. The highest BCUT2D eigenvalue weighted by molar-refractivity contribution is 7.89. The lowest BCUT2D eigenvalue weighted by atomic mass is 9.83. The number of carboxylic acid groups (broad SMARTS) is 1. The lowest BCUT2D eigenvalue weighted by molar-refractivity contribution is -0.192. The SMILES string of the molecule is CCS(=O)(=O)NCC1CCC2(CN(Cc3cnn(C(C)C)c3)C2)OC1.O=C(O)C(F)(F)F.